The molecule has 0 spiro atoms. The zero-order chi connectivity index (χ0) is 18.9. The van der Waals surface area contributed by atoms with Crippen LogP contribution in [-0.4, -0.2) is 44.4 Å². The van der Waals surface area contributed by atoms with E-state index in [2.05, 4.69) is 0 Å². The normalized spacial score (nSPS) is 19.0. The van der Waals surface area contributed by atoms with E-state index >= 15 is 0 Å². The van der Waals surface area contributed by atoms with Gasteiger partial charge in [-0.1, -0.05) is 24.3 Å². The molecule has 7 heteroatoms. The Morgan fingerprint density at radius 1 is 1.07 bits per heavy atom. The summed E-state index contributed by atoms with van der Waals surface area (Å²) in [6.45, 7) is 0.842. The van der Waals surface area contributed by atoms with Gasteiger partial charge in [0.1, 0.15) is 0 Å². The maximum Gasteiger partial charge on any atom is 0.246 e. The maximum atomic E-state index is 12.7. The summed E-state index contributed by atoms with van der Waals surface area (Å²) in [5.41, 5.74) is 0.820. The third-order valence-electron chi connectivity index (χ3n) is 4.78. The summed E-state index contributed by atoms with van der Waals surface area (Å²) in [6.07, 6.45) is 3.61. The first-order valence-corrected chi connectivity index (χ1v) is 10.2. The van der Waals surface area contributed by atoms with Crippen molar-refractivity contribution in [3.05, 3.63) is 60.2 Å². The molecule has 0 aromatic heterocycles. The lowest BCUT2D eigenvalue weighted by atomic mass is 10.2. The highest BCUT2D eigenvalue weighted by atomic mass is 32.2. The number of carbonyl (C=O) groups is 1. The van der Waals surface area contributed by atoms with Gasteiger partial charge in [0.05, 0.1) is 10.1 Å². The van der Waals surface area contributed by atoms with Crippen molar-refractivity contribution in [3.8, 4) is 11.5 Å². The zero-order valence-corrected chi connectivity index (χ0v) is 15.4. The van der Waals surface area contributed by atoms with E-state index in [1.165, 1.54) is 6.08 Å². The van der Waals surface area contributed by atoms with Crippen LogP contribution in [0.1, 0.15) is 12.0 Å². The van der Waals surface area contributed by atoms with Crippen molar-refractivity contribution in [1.29, 1.82) is 0 Å². The van der Waals surface area contributed by atoms with E-state index in [4.69, 9.17) is 9.47 Å². The highest BCUT2D eigenvalue weighted by molar-refractivity contribution is 7.92. The molecule has 0 N–H and O–H groups in total. The molecule has 1 saturated heterocycles. The first-order valence-electron chi connectivity index (χ1n) is 8.69. The average molecular weight is 385 g/mol. The van der Waals surface area contributed by atoms with Crippen LogP contribution in [0.5, 0.6) is 11.5 Å². The van der Waals surface area contributed by atoms with Crippen molar-refractivity contribution in [1.82, 2.24) is 4.90 Å². The van der Waals surface area contributed by atoms with Crippen LogP contribution >= 0.6 is 0 Å². The molecule has 2 heterocycles. The number of sulfone groups is 1. The quantitative estimate of drug-likeness (QED) is 0.756. The van der Waals surface area contributed by atoms with Gasteiger partial charge in [-0.3, -0.25) is 4.79 Å². The average Bonchev–Trinajstić information content (AvgIpc) is 3.36. The second-order valence-corrected chi connectivity index (χ2v) is 8.73. The molecule has 2 aromatic rings. The Morgan fingerprint density at radius 2 is 1.85 bits per heavy atom. The van der Waals surface area contributed by atoms with E-state index in [9.17, 15) is 13.2 Å². The summed E-state index contributed by atoms with van der Waals surface area (Å²) in [4.78, 5) is 14.3. The molecule has 1 amide bonds. The Morgan fingerprint density at radius 3 is 2.67 bits per heavy atom. The highest BCUT2D eigenvalue weighted by Gasteiger charge is 2.35. The van der Waals surface area contributed by atoms with Crippen LogP contribution in [0, 0.1) is 0 Å². The summed E-state index contributed by atoms with van der Waals surface area (Å²) in [5, 5.41) is -0.567. The molecule has 0 unspecified atom stereocenters. The predicted molar refractivity (Wildman–Crippen MR) is 100 cm³/mol. The van der Waals surface area contributed by atoms with E-state index < -0.39 is 15.1 Å². The smallest absolute Gasteiger partial charge is 0.246 e. The number of hydrogen-bond donors (Lipinski definition) is 0. The number of nitrogens with zero attached hydrogens (tertiary/aromatic N) is 1. The molecular formula is C20H19NO5S. The van der Waals surface area contributed by atoms with Gasteiger partial charge in [0.2, 0.25) is 12.7 Å². The fraction of sp³-hybridized carbons (Fsp3) is 0.250. The van der Waals surface area contributed by atoms with Crippen LogP contribution in [0.2, 0.25) is 0 Å². The van der Waals surface area contributed by atoms with Crippen molar-refractivity contribution in [2.75, 3.05) is 19.9 Å². The molecule has 140 valence electrons. The van der Waals surface area contributed by atoms with E-state index in [1.807, 2.05) is 6.07 Å². The molecule has 4 rings (SSSR count). The Hall–Kier alpha value is -2.80. The second kappa shape index (κ2) is 7.08. The lowest BCUT2D eigenvalue weighted by Gasteiger charge is -2.15. The molecular weight excluding hydrogens is 366 g/mol. The largest absolute Gasteiger partial charge is 0.454 e. The predicted octanol–water partition coefficient (Wildman–Crippen LogP) is 2.50. The minimum Gasteiger partial charge on any atom is -0.454 e. The number of likely N-dealkylation sites (tertiary alicyclic amines) is 1. The summed E-state index contributed by atoms with van der Waals surface area (Å²) in [5.74, 6) is 1.14. The molecule has 2 aliphatic heterocycles. The van der Waals surface area contributed by atoms with Crippen LogP contribution in [0.4, 0.5) is 0 Å². The molecule has 0 bridgehead atoms. The van der Waals surface area contributed by atoms with Gasteiger partial charge >= 0.3 is 0 Å². The first kappa shape index (κ1) is 17.6. The first-order chi connectivity index (χ1) is 13.0. The zero-order valence-electron chi connectivity index (χ0n) is 14.6. The third kappa shape index (κ3) is 3.55. The van der Waals surface area contributed by atoms with Crippen LogP contribution in [0.3, 0.4) is 0 Å². The van der Waals surface area contributed by atoms with Crippen LogP contribution in [0.25, 0.3) is 6.08 Å². The highest BCUT2D eigenvalue weighted by Crippen LogP contribution is 2.32. The number of benzene rings is 2. The molecule has 2 aliphatic rings. The molecule has 6 nitrogen and oxygen atoms in total. The molecule has 27 heavy (non-hydrogen) atoms. The summed E-state index contributed by atoms with van der Waals surface area (Å²) < 4.78 is 36.0. The monoisotopic (exact) mass is 385 g/mol. The summed E-state index contributed by atoms with van der Waals surface area (Å²) >= 11 is 0. The molecule has 0 aliphatic carbocycles. The third-order valence-corrected chi connectivity index (χ3v) is 6.97. The summed E-state index contributed by atoms with van der Waals surface area (Å²) in [7, 11) is -3.43. The molecule has 1 atom stereocenters. The van der Waals surface area contributed by atoms with Gasteiger partial charge < -0.3 is 14.4 Å². The van der Waals surface area contributed by atoms with E-state index in [0.29, 0.717) is 29.4 Å². The van der Waals surface area contributed by atoms with Crippen molar-refractivity contribution >= 4 is 21.8 Å². The lowest BCUT2D eigenvalue weighted by Crippen LogP contribution is -2.30. The fourth-order valence-electron chi connectivity index (χ4n) is 3.27. The standard InChI is InChI=1S/C20H19NO5S/c22-20(9-7-15-6-8-18-19(12-15)26-14-25-18)21-11-10-17(13-21)27(23,24)16-4-2-1-3-5-16/h1-9,12,17H,10-11,13-14H2/b9-7+/t17-/m1/s1. The minimum absolute atomic E-state index is 0.196. The number of amides is 1. The minimum atomic E-state index is -3.43. The number of ether oxygens (including phenoxy) is 2. The molecule has 2 aromatic carbocycles. The SMILES string of the molecule is O=C(/C=C/c1ccc2c(c1)OCO2)N1CC[C@@H](S(=O)(=O)c2ccccc2)C1. The molecule has 0 radical (unpaired) electrons. The number of rotatable bonds is 4. The Balaban J connectivity index is 1.42. The van der Waals surface area contributed by atoms with Gasteiger partial charge in [0.25, 0.3) is 0 Å². The Bertz CT molecular complexity index is 985. The van der Waals surface area contributed by atoms with Crippen molar-refractivity contribution in [3.63, 3.8) is 0 Å². The lowest BCUT2D eigenvalue weighted by molar-refractivity contribution is -0.124. The van der Waals surface area contributed by atoms with Crippen molar-refractivity contribution < 1.29 is 22.7 Å². The maximum absolute atomic E-state index is 12.7. The van der Waals surface area contributed by atoms with Gasteiger partial charge in [-0.25, -0.2) is 8.42 Å². The van der Waals surface area contributed by atoms with Crippen LogP contribution in [0.15, 0.2) is 59.5 Å². The van der Waals surface area contributed by atoms with Gasteiger partial charge in [0.15, 0.2) is 21.3 Å². The topological polar surface area (TPSA) is 72.9 Å². The number of carbonyl (C=O) groups excluding carboxylic acids is 1. The van der Waals surface area contributed by atoms with Gasteiger partial charge in [0, 0.05) is 19.2 Å². The molecule has 0 saturated carbocycles. The summed E-state index contributed by atoms with van der Waals surface area (Å²) in [6, 6.07) is 13.8. The fourth-order valence-corrected chi connectivity index (χ4v) is 4.99. The van der Waals surface area contributed by atoms with Crippen LogP contribution < -0.4 is 9.47 Å². The van der Waals surface area contributed by atoms with Gasteiger partial charge in [-0.15, -0.1) is 0 Å². The number of fused-ring (bicyclic) bond motifs is 1. The Kier molecular flexibility index (Phi) is 4.61. The van der Waals surface area contributed by atoms with Gasteiger partial charge in [-0.2, -0.15) is 0 Å². The van der Waals surface area contributed by atoms with E-state index in [-0.39, 0.29) is 19.2 Å². The van der Waals surface area contributed by atoms with Gasteiger partial charge in [-0.05, 0) is 42.3 Å². The Labute approximate surface area is 157 Å². The molecule has 1 fully saturated rings. The van der Waals surface area contributed by atoms with E-state index in [1.54, 1.807) is 53.4 Å². The van der Waals surface area contributed by atoms with Crippen LogP contribution in [-0.2, 0) is 14.6 Å². The van der Waals surface area contributed by atoms with Crippen molar-refractivity contribution in [2.45, 2.75) is 16.6 Å². The van der Waals surface area contributed by atoms with E-state index in [0.717, 1.165) is 5.56 Å². The van der Waals surface area contributed by atoms with Crippen molar-refractivity contribution in [2.24, 2.45) is 0 Å². The second-order valence-electron chi connectivity index (χ2n) is 6.50. The number of hydrogen-bond acceptors (Lipinski definition) is 5.